The van der Waals surface area contributed by atoms with Gasteiger partial charge < -0.3 is 10.6 Å². The summed E-state index contributed by atoms with van der Waals surface area (Å²) in [5, 5.41) is 0.446. The van der Waals surface area contributed by atoms with E-state index in [1.54, 1.807) is 18.2 Å². The SMILES string of the molecule is Nc1nc2cc(C(=O)N3CCC(F)(F)CC3)ccc2s1. The number of nitrogens with zero attached hydrogens (tertiary/aromatic N) is 2. The van der Waals surface area contributed by atoms with Gasteiger partial charge in [0.1, 0.15) is 0 Å². The number of anilines is 1. The highest BCUT2D eigenvalue weighted by atomic mass is 32.1. The van der Waals surface area contributed by atoms with Crippen molar-refractivity contribution in [2.75, 3.05) is 18.8 Å². The number of likely N-dealkylation sites (tertiary alicyclic amines) is 1. The zero-order valence-corrected chi connectivity index (χ0v) is 11.4. The molecule has 1 aliphatic heterocycles. The molecule has 0 radical (unpaired) electrons. The molecule has 1 aromatic heterocycles. The summed E-state index contributed by atoms with van der Waals surface area (Å²) < 4.78 is 27.1. The van der Waals surface area contributed by atoms with E-state index in [0.717, 1.165) is 4.70 Å². The first kappa shape index (κ1) is 13.2. The van der Waals surface area contributed by atoms with Crippen LogP contribution in [0, 0.1) is 0 Å². The van der Waals surface area contributed by atoms with Crippen LogP contribution >= 0.6 is 11.3 Å². The fraction of sp³-hybridized carbons (Fsp3) is 0.385. The van der Waals surface area contributed by atoms with Gasteiger partial charge in [-0.3, -0.25) is 4.79 Å². The molecule has 0 spiro atoms. The lowest BCUT2D eigenvalue weighted by atomic mass is 10.1. The monoisotopic (exact) mass is 297 g/mol. The Morgan fingerprint density at radius 1 is 1.35 bits per heavy atom. The number of hydrogen-bond acceptors (Lipinski definition) is 4. The Kier molecular flexibility index (Phi) is 3.08. The van der Waals surface area contributed by atoms with Crippen molar-refractivity contribution >= 4 is 32.6 Å². The predicted octanol–water partition coefficient (Wildman–Crippen LogP) is 2.75. The lowest BCUT2D eigenvalue weighted by Gasteiger charge is -2.31. The second kappa shape index (κ2) is 4.66. The molecule has 0 bridgehead atoms. The maximum Gasteiger partial charge on any atom is 0.253 e. The maximum absolute atomic E-state index is 13.1. The minimum absolute atomic E-state index is 0.0864. The second-order valence-corrected chi connectivity index (χ2v) is 5.94. The Morgan fingerprint density at radius 3 is 2.75 bits per heavy atom. The van der Waals surface area contributed by atoms with Gasteiger partial charge in [-0.1, -0.05) is 11.3 Å². The standard InChI is InChI=1S/C13H13F2N3OS/c14-13(15)3-5-18(6-4-13)11(19)8-1-2-10-9(7-8)17-12(16)20-10/h1-2,7H,3-6H2,(H2,16,17). The van der Waals surface area contributed by atoms with E-state index >= 15 is 0 Å². The lowest BCUT2D eigenvalue weighted by molar-refractivity contribution is -0.0494. The van der Waals surface area contributed by atoms with Crippen LogP contribution in [0.1, 0.15) is 23.2 Å². The minimum Gasteiger partial charge on any atom is -0.375 e. The molecule has 0 unspecified atom stereocenters. The number of halogens is 2. The number of nitrogen functional groups attached to an aromatic ring is 1. The lowest BCUT2D eigenvalue weighted by Crippen LogP contribution is -2.42. The van der Waals surface area contributed by atoms with Gasteiger partial charge in [-0.05, 0) is 18.2 Å². The average Bonchev–Trinajstić information content (AvgIpc) is 2.77. The first-order valence-electron chi connectivity index (χ1n) is 6.28. The van der Waals surface area contributed by atoms with Crippen molar-refractivity contribution in [2.45, 2.75) is 18.8 Å². The molecule has 1 aliphatic rings. The van der Waals surface area contributed by atoms with Crippen molar-refractivity contribution in [3.8, 4) is 0 Å². The van der Waals surface area contributed by atoms with Gasteiger partial charge in [0, 0.05) is 31.5 Å². The third kappa shape index (κ3) is 2.45. The number of benzene rings is 1. The van der Waals surface area contributed by atoms with E-state index in [1.807, 2.05) is 0 Å². The second-order valence-electron chi connectivity index (χ2n) is 4.88. The van der Waals surface area contributed by atoms with E-state index in [1.165, 1.54) is 16.2 Å². The molecule has 3 rings (SSSR count). The Labute approximate surface area is 118 Å². The summed E-state index contributed by atoms with van der Waals surface area (Å²) in [6, 6.07) is 5.14. The molecule has 1 amide bonds. The zero-order valence-electron chi connectivity index (χ0n) is 10.6. The van der Waals surface area contributed by atoms with Crippen LogP contribution in [0.5, 0.6) is 0 Å². The van der Waals surface area contributed by atoms with Crippen LogP contribution in [0.15, 0.2) is 18.2 Å². The average molecular weight is 297 g/mol. The highest BCUT2D eigenvalue weighted by Gasteiger charge is 2.35. The van der Waals surface area contributed by atoms with Gasteiger partial charge in [-0.2, -0.15) is 0 Å². The normalized spacial score (nSPS) is 18.4. The van der Waals surface area contributed by atoms with E-state index in [4.69, 9.17) is 5.73 Å². The molecule has 0 aliphatic carbocycles. The third-order valence-corrected chi connectivity index (χ3v) is 4.30. The first-order chi connectivity index (χ1) is 9.44. The zero-order chi connectivity index (χ0) is 14.3. The number of aromatic nitrogens is 1. The predicted molar refractivity (Wildman–Crippen MR) is 74.1 cm³/mol. The summed E-state index contributed by atoms with van der Waals surface area (Å²) in [4.78, 5) is 17.9. The quantitative estimate of drug-likeness (QED) is 0.880. The number of piperidine rings is 1. The molecule has 2 heterocycles. The topological polar surface area (TPSA) is 59.2 Å². The number of carbonyl (C=O) groups is 1. The van der Waals surface area contributed by atoms with Crippen molar-refractivity contribution < 1.29 is 13.6 Å². The Hall–Kier alpha value is -1.76. The van der Waals surface area contributed by atoms with Crippen LogP contribution < -0.4 is 5.73 Å². The maximum atomic E-state index is 13.1. The summed E-state index contributed by atoms with van der Waals surface area (Å²) in [5.74, 6) is -2.88. The van der Waals surface area contributed by atoms with Crippen molar-refractivity contribution in [1.29, 1.82) is 0 Å². The number of alkyl halides is 2. The number of thiazole rings is 1. The summed E-state index contributed by atoms with van der Waals surface area (Å²) in [6.07, 6.45) is -0.546. The van der Waals surface area contributed by atoms with E-state index in [0.29, 0.717) is 16.2 Å². The van der Waals surface area contributed by atoms with Crippen LogP contribution in [0.2, 0.25) is 0 Å². The number of amides is 1. The molecule has 0 atom stereocenters. The van der Waals surface area contributed by atoms with Crippen LogP contribution in [0.3, 0.4) is 0 Å². The summed E-state index contributed by atoms with van der Waals surface area (Å²) in [6.45, 7) is 0.173. The number of hydrogen-bond donors (Lipinski definition) is 1. The number of carbonyl (C=O) groups excluding carboxylic acids is 1. The van der Waals surface area contributed by atoms with Gasteiger partial charge >= 0.3 is 0 Å². The van der Waals surface area contributed by atoms with Gasteiger partial charge in [0.25, 0.3) is 11.8 Å². The van der Waals surface area contributed by atoms with E-state index in [-0.39, 0.29) is 31.8 Å². The van der Waals surface area contributed by atoms with Crippen LogP contribution in [0.25, 0.3) is 10.2 Å². The smallest absolute Gasteiger partial charge is 0.253 e. The van der Waals surface area contributed by atoms with Crippen LogP contribution in [-0.2, 0) is 0 Å². The number of rotatable bonds is 1. The summed E-state index contributed by atoms with van der Waals surface area (Å²) >= 11 is 1.35. The molecule has 1 saturated heterocycles. The van der Waals surface area contributed by atoms with Crippen molar-refractivity contribution in [1.82, 2.24) is 9.88 Å². The molecule has 2 N–H and O–H groups in total. The molecule has 4 nitrogen and oxygen atoms in total. The molecular weight excluding hydrogens is 284 g/mol. The third-order valence-electron chi connectivity index (χ3n) is 3.43. The highest BCUT2D eigenvalue weighted by Crippen LogP contribution is 2.29. The fourth-order valence-electron chi connectivity index (χ4n) is 2.30. The Bertz CT molecular complexity index is 661. The van der Waals surface area contributed by atoms with Gasteiger partial charge in [-0.15, -0.1) is 0 Å². The fourth-order valence-corrected chi connectivity index (χ4v) is 3.01. The molecule has 20 heavy (non-hydrogen) atoms. The van der Waals surface area contributed by atoms with Gasteiger partial charge in [0.15, 0.2) is 5.13 Å². The molecule has 7 heteroatoms. The largest absolute Gasteiger partial charge is 0.375 e. The molecular formula is C13H13F2N3OS. The highest BCUT2D eigenvalue weighted by molar-refractivity contribution is 7.22. The number of fused-ring (bicyclic) bond motifs is 1. The van der Waals surface area contributed by atoms with Gasteiger partial charge in [0.2, 0.25) is 0 Å². The molecule has 1 fully saturated rings. The molecule has 2 aromatic rings. The number of nitrogens with two attached hydrogens (primary N) is 1. The Balaban J connectivity index is 1.82. The Morgan fingerprint density at radius 2 is 2.05 bits per heavy atom. The van der Waals surface area contributed by atoms with Crippen molar-refractivity contribution in [2.24, 2.45) is 0 Å². The molecule has 0 saturated carbocycles. The summed E-state index contributed by atoms with van der Waals surface area (Å²) in [5.41, 5.74) is 6.75. The van der Waals surface area contributed by atoms with Crippen molar-refractivity contribution in [3.63, 3.8) is 0 Å². The van der Waals surface area contributed by atoms with Gasteiger partial charge in [-0.25, -0.2) is 13.8 Å². The minimum atomic E-state index is -2.65. The van der Waals surface area contributed by atoms with E-state index in [2.05, 4.69) is 4.98 Å². The van der Waals surface area contributed by atoms with Crippen molar-refractivity contribution in [3.05, 3.63) is 23.8 Å². The molecule has 106 valence electrons. The first-order valence-corrected chi connectivity index (χ1v) is 7.09. The van der Waals surface area contributed by atoms with E-state index < -0.39 is 5.92 Å². The van der Waals surface area contributed by atoms with Crippen LogP contribution in [-0.4, -0.2) is 34.8 Å². The van der Waals surface area contributed by atoms with E-state index in [9.17, 15) is 13.6 Å². The van der Waals surface area contributed by atoms with Gasteiger partial charge in [0.05, 0.1) is 10.2 Å². The van der Waals surface area contributed by atoms with Crippen LogP contribution in [0.4, 0.5) is 13.9 Å². The molecule has 1 aromatic carbocycles. The summed E-state index contributed by atoms with van der Waals surface area (Å²) in [7, 11) is 0.